The molecule has 1 aromatic carbocycles. The van der Waals surface area contributed by atoms with Gasteiger partial charge in [-0.3, -0.25) is 29.7 Å². The summed E-state index contributed by atoms with van der Waals surface area (Å²) in [5.41, 5.74) is 0.155. The molecule has 222 valence electrons. The number of hydrogen-bond donors (Lipinski definition) is 4. The number of carbonyl (C=O) groups excluding carboxylic acids is 3. The first-order valence-corrected chi connectivity index (χ1v) is 12.3. The molecule has 0 atom stereocenters. The Morgan fingerprint density at radius 3 is 2.21 bits per heavy atom. The van der Waals surface area contributed by atoms with Gasteiger partial charge in [0.05, 0.1) is 32.3 Å². The summed E-state index contributed by atoms with van der Waals surface area (Å²) in [4.78, 5) is 36.2. The minimum absolute atomic E-state index is 0.137. The van der Waals surface area contributed by atoms with E-state index in [4.69, 9.17) is 15.3 Å². The van der Waals surface area contributed by atoms with Crippen LogP contribution in [0.5, 0.6) is 0 Å². The van der Waals surface area contributed by atoms with Crippen molar-refractivity contribution in [1.82, 2.24) is 30.5 Å². The van der Waals surface area contributed by atoms with E-state index in [-0.39, 0.29) is 37.2 Å². The van der Waals surface area contributed by atoms with E-state index in [0.717, 1.165) is 0 Å². The molecular weight excluding hydrogens is 515 g/mol. The number of ether oxygens (including phenoxy) is 2. The Hall–Kier alpha value is -3.62. The first-order chi connectivity index (χ1) is 18.5. The minimum atomic E-state index is -0.541. The van der Waals surface area contributed by atoms with E-state index in [9.17, 15) is 18.8 Å². The van der Waals surface area contributed by atoms with Gasteiger partial charge in [-0.15, -0.1) is 5.10 Å². The molecule has 1 heterocycles. The van der Waals surface area contributed by atoms with E-state index in [2.05, 4.69) is 25.7 Å². The Labute approximate surface area is 229 Å². The zero-order valence-corrected chi connectivity index (χ0v) is 23.8. The van der Waals surface area contributed by atoms with Crippen LogP contribution in [0.25, 0.3) is 0 Å². The fraction of sp³-hybridized carbons (Fsp3) is 0.560. The summed E-state index contributed by atoms with van der Waals surface area (Å²) in [7, 11) is 3.08. The van der Waals surface area contributed by atoms with Gasteiger partial charge in [0.25, 0.3) is 0 Å². The second-order valence-corrected chi connectivity index (χ2v) is 8.55. The van der Waals surface area contributed by atoms with Crippen LogP contribution in [0.15, 0.2) is 36.5 Å². The molecule has 0 saturated carbocycles. The molecule has 0 unspecified atom stereocenters. The molecular formula is C25H43FN6O7. The molecule has 4 N–H and O–H groups in total. The maximum Gasteiger partial charge on any atom is 0.407 e. The Morgan fingerprint density at radius 2 is 1.69 bits per heavy atom. The monoisotopic (exact) mass is 558 g/mol. The van der Waals surface area contributed by atoms with Gasteiger partial charge in [-0.05, 0) is 40.0 Å². The lowest BCUT2D eigenvalue weighted by molar-refractivity contribution is -0.176. The number of esters is 1. The lowest BCUT2D eigenvalue weighted by Gasteiger charge is -2.19. The van der Waals surface area contributed by atoms with Gasteiger partial charge in [0.15, 0.2) is 0 Å². The van der Waals surface area contributed by atoms with Crippen molar-refractivity contribution in [3.8, 4) is 0 Å². The fourth-order valence-corrected chi connectivity index (χ4v) is 2.56. The third kappa shape index (κ3) is 22.1. The lowest BCUT2D eigenvalue weighted by atomic mass is 10.2. The van der Waals surface area contributed by atoms with E-state index < -0.39 is 11.7 Å². The maximum absolute atomic E-state index is 11.9. The zero-order chi connectivity index (χ0) is 30.3. The average molecular weight is 559 g/mol. The van der Waals surface area contributed by atoms with Crippen LogP contribution < -0.4 is 10.6 Å². The predicted molar refractivity (Wildman–Crippen MR) is 143 cm³/mol. The van der Waals surface area contributed by atoms with Crippen LogP contribution in [0.3, 0.4) is 0 Å². The summed E-state index contributed by atoms with van der Waals surface area (Å²) in [5, 5.41) is 25.3. The Morgan fingerprint density at radius 1 is 1.08 bits per heavy atom. The van der Waals surface area contributed by atoms with Crippen molar-refractivity contribution < 1.29 is 38.8 Å². The van der Waals surface area contributed by atoms with Crippen LogP contribution in [-0.4, -0.2) is 87.8 Å². The molecule has 1 aromatic heterocycles. The number of rotatable bonds is 10. The van der Waals surface area contributed by atoms with E-state index in [0.29, 0.717) is 25.3 Å². The second kappa shape index (κ2) is 22.4. The third-order valence-electron chi connectivity index (χ3n) is 4.05. The number of likely N-dealkylation sites (N-methyl/N-ethyl adjacent to an activating group) is 1. The molecule has 0 saturated heterocycles. The Bertz CT molecular complexity index is 923. The molecule has 2 amide bonds. The summed E-state index contributed by atoms with van der Waals surface area (Å²) in [6.07, 6.45) is 1.41. The van der Waals surface area contributed by atoms with E-state index in [1.165, 1.54) is 19.2 Å². The summed E-state index contributed by atoms with van der Waals surface area (Å²) in [5.74, 6) is -0.741. The first kappa shape index (κ1) is 37.5. The SMILES string of the molecule is CC.COC(=O)CCNC(=O)CN(C)Cc1cn(CCNC(=O)OC(C)(C)C)nn1.Fc1ccccc1.OO. The summed E-state index contributed by atoms with van der Waals surface area (Å²) in [6.45, 7) is 11.0. The standard InChI is InChI=1S/C17H30N6O5.C6H5F.C2H6.H2O2/c1-17(2,3)28-16(26)19-8-9-23-11-13(20-21-23)10-22(4)12-14(24)18-7-6-15(25)27-5;7-6-4-2-1-3-5-6;2*1-2/h11H,6-10,12H2,1-5H3,(H,18,24)(H,19,26);1-5H;1-2H3;1-2H. The van der Waals surface area contributed by atoms with Crippen molar-refractivity contribution in [1.29, 1.82) is 0 Å². The maximum atomic E-state index is 11.9. The van der Waals surface area contributed by atoms with Crippen LogP contribution in [0.4, 0.5) is 9.18 Å². The molecule has 0 aliphatic rings. The molecule has 39 heavy (non-hydrogen) atoms. The van der Waals surface area contributed by atoms with Crippen LogP contribution >= 0.6 is 0 Å². The molecule has 0 aliphatic heterocycles. The smallest absolute Gasteiger partial charge is 0.407 e. The third-order valence-corrected chi connectivity index (χ3v) is 4.05. The van der Waals surface area contributed by atoms with Gasteiger partial charge in [-0.2, -0.15) is 0 Å². The van der Waals surface area contributed by atoms with Gasteiger partial charge < -0.3 is 20.1 Å². The highest BCUT2D eigenvalue weighted by molar-refractivity contribution is 5.78. The van der Waals surface area contributed by atoms with E-state index in [1.807, 2.05) is 13.8 Å². The van der Waals surface area contributed by atoms with Crippen molar-refractivity contribution in [2.75, 3.05) is 33.8 Å². The highest BCUT2D eigenvalue weighted by Gasteiger charge is 2.15. The van der Waals surface area contributed by atoms with Gasteiger partial charge in [-0.1, -0.05) is 37.3 Å². The van der Waals surface area contributed by atoms with Gasteiger partial charge in [0, 0.05) is 25.8 Å². The van der Waals surface area contributed by atoms with Crippen molar-refractivity contribution >= 4 is 18.0 Å². The summed E-state index contributed by atoms with van der Waals surface area (Å²) < 4.78 is 23.2. The van der Waals surface area contributed by atoms with Crippen LogP contribution in [0.1, 0.15) is 46.7 Å². The first-order valence-electron chi connectivity index (χ1n) is 12.3. The molecule has 0 radical (unpaired) electrons. The van der Waals surface area contributed by atoms with Gasteiger partial charge in [-0.25, -0.2) is 9.18 Å². The number of alkyl carbamates (subject to hydrolysis) is 1. The molecule has 0 aliphatic carbocycles. The van der Waals surface area contributed by atoms with Gasteiger partial charge >= 0.3 is 12.1 Å². The average Bonchev–Trinajstić information content (AvgIpc) is 3.32. The highest BCUT2D eigenvalue weighted by Crippen LogP contribution is 2.06. The number of nitrogens with one attached hydrogen (secondary N) is 2. The predicted octanol–water partition coefficient (Wildman–Crippen LogP) is 2.78. The quantitative estimate of drug-likeness (QED) is 0.193. The number of nitrogens with zero attached hydrogens (tertiary/aromatic N) is 4. The van der Waals surface area contributed by atoms with Crippen molar-refractivity contribution in [2.24, 2.45) is 0 Å². The summed E-state index contributed by atoms with van der Waals surface area (Å²) in [6, 6.07) is 7.94. The van der Waals surface area contributed by atoms with Crippen molar-refractivity contribution in [3.63, 3.8) is 0 Å². The number of halogens is 1. The van der Waals surface area contributed by atoms with E-state index in [1.54, 1.807) is 61.8 Å². The van der Waals surface area contributed by atoms with Crippen LogP contribution in [0, 0.1) is 5.82 Å². The molecule has 0 fully saturated rings. The molecule has 0 bridgehead atoms. The normalized spacial score (nSPS) is 9.92. The molecule has 13 nitrogen and oxygen atoms in total. The molecule has 14 heteroatoms. The van der Waals surface area contributed by atoms with E-state index >= 15 is 0 Å². The lowest BCUT2D eigenvalue weighted by Crippen LogP contribution is -2.36. The van der Waals surface area contributed by atoms with Gasteiger partial charge in [0.2, 0.25) is 5.91 Å². The van der Waals surface area contributed by atoms with Gasteiger partial charge in [0.1, 0.15) is 11.4 Å². The Kier molecular flexibility index (Phi) is 21.5. The zero-order valence-electron chi connectivity index (χ0n) is 23.8. The largest absolute Gasteiger partial charge is 0.469 e. The molecule has 2 aromatic rings. The fourth-order valence-electron chi connectivity index (χ4n) is 2.56. The minimum Gasteiger partial charge on any atom is -0.469 e. The number of methoxy groups -OCH3 is 1. The second-order valence-electron chi connectivity index (χ2n) is 8.55. The Balaban J connectivity index is 0. The topological polar surface area (TPSA) is 168 Å². The highest BCUT2D eigenvalue weighted by atomic mass is 19.1. The number of aromatic nitrogens is 3. The van der Waals surface area contributed by atoms with Crippen LogP contribution in [0.2, 0.25) is 0 Å². The number of amides is 2. The number of hydrogen-bond acceptors (Lipinski definition) is 10. The van der Waals surface area contributed by atoms with Crippen molar-refractivity contribution in [3.05, 3.63) is 48.0 Å². The molecule has 0 spiro atoms. The van der Waals surface area contributed by atoms with Crippen molar-refractivity contribution in [2.45, 2.75) is 59.7 Å². The number of benzene rings is 1. The molecule has 2 rings (SSSR count). The number of carbonyl (C=O) groups is 3. The van der Waals surface area contributed by atoms with Crippen LogP contribution in [-0.2, 0) is 32.2 Å². The summed E-state index contributed by atoms with van der Waals surface area (Å²) >= 11 is 0.